The van der Waals surface area contributed by atoms with E-state index in [0.717, 1.165) is 16.3 Å². The number of nitro groups is 1. The van der Waals surface area contributed by atoms with Crippen LogP contribution < -0.4 is 0 Å². The van der Waals surface area contributed by atoms with Crippen molar-refractivity contribution in [1.29, 1.82) is 0 Å². The largest absolute Gasteiger partial charge is 0.436 e. The molecule has 0 atom stereocenters. The molecule has 0 amide bonds. The fraction of sp³-hybridized carbons (Fsp3) is 0.0556. The number of non-ortho nitro benzene ring substituents is 1. The molecule has 0 aliphatic rings. The van der Waals surface area contributed by atoms with E-state index in [0.29, 0.717) is 22.6 Å². The maximum absolute atomic E-state index is 11.0. The van der Waals surface area contributed by atoms with Crippen LogP contribution in [0.15, 0.2) is 59.0 Å². The van der Waals surface area contributed by atoms with Crippen molar-refractivity contribution in [3.63, 3.8) is 0 Å². The summed E-state index contributed by atoms with van der Waals surface area (Å²) in [6.07, 6.45) is 0. The Labute approximate surface area is 131 Å². The number of nitro benzene ring substituents is 1. The average Bonchev–Trinajstić information content (AvgIpc) is 2.98. The Morgan fingerprint density at radius 2 is 1.87 bits per heavy atom. The zero-order valence-corrected chi connectivity index (χ0v) is 12.3. The Balaban J connectivity index is 1.99. The first-order valence-corrected chi connectivity index (χ1v) is 7.17. The van der Waals surface area contributed by atoms with Crippen LogP contribution in [0.2, 0.25) is 0 Å². The van der Waals surface area contributed by atoms with Crippen LogP contribution in [-0.4, -0.2) is 9.91 Å². The van der Waals surface area contributed by atoms with Gasteiger partial charge in [-0.15, -0.1) is 0 Å². The third kappa shape index (κ3) is 2.14. The van der Waals surface area contributed by atoms with Crippen molar-refractivity contribution < 1.29 is 9.34 Å². The molecule has 4 rings (SSSR count). The number of hydrogen-bond donors (Lipinski definition) is 0. The Morgan fingerprint density at radius 1 is 1.09 bits per heavy atom. The van der Waals surface area contributed by atoms with E-state index >= 15 is 0 Å². The lowest BCUT2D eigenvalue weighted by atomic mass is 10.0. The number of aryl methyl sites for hydroxylation is 1. The van der Waals surface area contributed by atoms with Crippen LogP contribution in [0.1, 0.15) is 5.56 Å². The van der Waals surface area contributed by atoms with Crippen LogP contribution in [0, 0.1) is 17.0 Å². The van der Waals surface area contributed by atoms with Crippen molar-refractivity contribution in [2.45, 2.75) is 6.92 Å². The topological polar surface area (TPSA) is 69.2 Å². The molecule has 112 valence electrons. The number of aromatic nitrogens is 1. The molecule has 0 N–H and O–H groups in total. The average molecular weight is 304 g/mol. The van der Waals surface area contributed by atoms with Gasteiger partial charge in [0, 0.05) is 23.3 Å². The second-order valence-corrected chi connectivity index (χ2v) is 5.41. The lowest BCUT2D eigenvalue weighted by Gasteiger charge is -2.02. The summed E-state index contributed by atoms with van der Waals surface area (Å²) in [6.45, 7) is 1.79. The molecule has 0 aliphatic carbocycles. The van der Waals surface area contributed by atoms with Crippen molar-refractivity contribution in [2.75, 3.05) is 0 Å². The number of nitrogens with zero attached hydrogens (tertiary/aromatic N) is 2. The van der Waals surface area contributed by atoms with Crippen molar-refractivity contribution in [3.8, 4) is 11.5 Å². The molecular weight excluding hydrogens is 292 g/mol. The summed E-state index contributed by atoms with van der Waals surface area (Å²) in [7, 11) is 0. The van der Waals surface area contributed by atoms with Gasteiger partial charge in [-0.1, -0.05) is 36.4 Å². The maximum atomic E-state index is 11.0. The molecule has 1 heterocycles. The summed E-state index contributed by atoms with van der Waals surface area (Å²) in [4.78, 5) is 15.0. The van der Waals surface area contributed by atoms with Gasteiger partial charge in [0.1, 0.15) is 5.52 Å². The van der Waals surface area contributed by atoms with E-state index < -0.39 is 4.92 Å². The fourth-order valence-electron chi connectivity index (χ4n) is 2.81. The molecule has 0 bridgehead atoms. The highest BCUT2D eigenvalue weighted by Crippen LogP contribution is 2.33. The van der Waals surface area contributed by atoms with E-state index in [1.54, 1.807) is 6.92 Å². The number of oxazole rings is 1. The Bertz CT molecular complexity index is 1060. The number of benzene rings is 3. The van der Waals surface area contributed by atoms with E-state index in [4.69, 9.17) is 4.42 Å². The Kier molecular flexibility index (Phi) is 2.87. The van der Waals surface area contributed by atoms with Crippen molar-refractivity contribution in [2.24, 2.45) is 0 Å². The molecule has 23 heavy (non-hydrogen) atoms. The maximum Gasteiger partial charge on any atom is 0.272 e. The molecule has 0 spiro atoms. The molecule has 4 aromatic rings. The van der Waals surface area contributed by atoms with Crippen LogP contribution in [0.5, 0.6) is 0 Å². The van der Waals surface area contributed by atoms with Gasteiger partial charge < -0.3 is 4.42 Å². The van der Waals surface area contributed by atoms with Gasteiger partial charge in [0.05, 0.1) is 4.92 Å². The molecule has 1 aromatic heterocycles. The third-order valence-electron chi connectivity index (χ3n) is 3.89. The van der Waals surface area contributed by atoms with Crippen molar-refractivity contribution >= 4 is 27.6 Å². The second-order valence-electron chi connectivity index (χ2n) is 5.41. The first kappa shape index (κ1) is 13.5. The summed E-state index contributed by atoms with van der Waals surface area (Å²) in [5, 5.41) is 13.1. The quantitative estimate of drug-likeness (QED) is 0.391. The molecule has 0 radical (unpaired) electrons. The summed E-state index contributed by atoms with van der Waals surface area (Å²) in [5.41, 5.74) is 2.68. The van der Waals surface area contributed by atoms with Crippen LogP contribution in [0.25, 0.3) is 33.3 Å². The predicted octanol–water partition coefficient (Wildman–Crippen LogP) is 4.86. The summed E-state index contributed by atoms with van der Waals surface area (Å²) < 4.78 is 5.89. The minimum Gasteiger partial charge on any atom is -0.436 e. The second kappa shape index (κ2) is 4.91. The lowest BCUT2D eigenvalue weighted by Crippen LogP contribution is -1.88. The normalized spacial score (nSPS) is 11.2. The standard InChI is InChI=1S/C18H12N2O3/c1-11-9-13(20(21)22)10-16-17(11)23-18(19-16)15-8-4-6-12-5-2-3-7-14(12)15/h2-10H,1H3. The number of fused-ring (bicyclic) bond motifs is 2. The SMILES string of the molecule is Cc1cc([N+](=O)[O-])cc2nc(-c3cccc4ccccc34)oc12. The summed E-state index contributed by atoms with van der Waals surface area (Å²) in [6, 6.07) is 16.8. The van der Waals surface area contributed by atoms with Gasteiger partial charge in [-0.05, 0) is 23.8 Å². The van der Waals surface area contributed by atoms with E-state index in [1.165, 1.54) is 12.1 Å². The minimum atomic E-state index is -0.418. The number of hydrogen-bond acceptors (Lipinski definition) is 4. The highest BCUT2D eigenvalue weighted by Gasteiger charge is 2.16. The van der Waals surface area contributed by atoms with Gasteiger partial charge in [0.2, 0.25) is 5.89 Å². The van der Waals surface area contributed by atoms with Gasteiger partial charge in [-0.2, -0.15) is 0 Å². The van der Waals surface area contributed by atoms with Crippen molar-refractivity contribution in [1.82, 2.24) is 4.98 Å². The van der Waals surface area contributed by atoms with Crippen LogP contribution in [0.3, 0.4) is 0 Å². The third-order valence-corrected chi connectivity index (χ3v) is 3.89. The number of rotatable bonds is 2. The highest BCUT2D eigenvalue weighted by atomic mass is 16.6. The van der Waals surface area contributed by atoms with Gasteiger partial charge in [0.15, 0.2) is 5.58 Å². The van der Waals surface area contributed by atoms with E-state index in [9.17, 15) is 10.1 Å². The molecule has 0 unspecified atom stereocenters. The molecule has 0 fully saturated rings. The molecule has 5 nitrogen and oxygen atoms in total. The predicted molar refractivity (Wildman–Crippen MR) is 88.3 cm³/mol. The van der Waals surface area contributed by atoms with Gasteiger partial charge in [-0.25, -0.2) is 4.98 Å². The summed E-state index contributed by atoms with van der Waals surface area (Å²) in [5.74, 6) is 0.473. The highest BCUT2D eigenvalue weighted by molar-refractivity contribution is 5.96. The van der Waals surface area contributed by atoms with E-state index in [-0.39, 0.29) is 5.69 Å². The molecule has 3 aromatic carbocycles. The molecular formula is C18H12N2O3. The monoisotopic (exact) mass is 304 g/mol. The molecule has 0 aliphatic heterocycles. The van der Waals surface area contributed by atoms with Gasteiger partial charge >= 0.3 is 0 Å². The van der Waals surface area contributed by atoms with Crippen LogP contribution >= 0.6 is 0 Å². The van der Waals surface area contributed by atoms with Crippen LogP contribution in [-0.2, 0) is 0 Å². The minimum absolute atomic E-state index is 0.0211. The molecule has 0 saturated carbocycles. The van der Waals surface area contributed by atoms with E-state index in [2.05, 4.69) is 4.98 Å². The molecule has 5 heteroatoms. The zero-order valence-electron chi connectivity index (χ0n) is 12.3. The Morgan fingerprint density at radius 3 is 2.70 bits per heavy atom. The first-order chi connectivity index (χ1) is 11.1. The molecule has 0 saturated heterocycles. The fourth-order valence-corrected chi connectivity index (χ4v) is 2.81. The lowest BCUT2D eigenvalue weighted by molar-refractivity contribution is -0.384. The van der Waals surface area contributed by atoms with Gasteiger partial charge in [0.25, 0.3) is 5.69 Å². The smallest absolute Gasteiger partial charge is 0.272 e. The van der Waals surface area contributed by atoms with Crippen molar-refractivity contribution in [3.05, 3.63) is 70.3 Å². The zero-order chi connectivity index (χ0) is 16.0. The van der Waals surface area contributed by atoms with E-state index in [1.807, 2.05) is 42.5 Å². The Hall–Kier alpha value is -3.21. The first-order valence-electron chi connectivity index (χ1n) is 7.17. The summed E-state index contributed by atoms with van der Waals surface area (Å²) >= 11 is 0. The van der Waals surface area contributed by atoms with Crippen LogP contribution in [0.4, 0.5) is 5.69 Å². The van der Waals surface area contributed by atoms with Gasteiger partial charge in [-0.3, -0.25) is 10.1 Å².